The van der Waals surface area contributed by atoms with Crippen molar-refractivity contribution in [3.05, 3.63) is 92.1 Å². The molecular weight excluding hydrogens is 502 g/mol. The van der Waals surface area contributed by atoms with Crippen molar-refractivity contribution < 1.29 is 14.3 Å². The number of furan rings is 1. The van der Waals surface area contributed by atoms with Gasteiger partial charge in [-0.25, -0.2) is 0 Å². The highest BCUT2D eigenvalue weighted by molar-refractivity contribution is 9.10. The second-order valence-corrected chi connectivity index (χ2v) is 8.82. The molecule has 1 amide bonds. The van der Waals surface area contributed by atoms with Gasteiger partial charge in [0.15, 0.2) is 5.17 Å². The average molecular weight is 517 g/mol. The highest BCUT2D eigenvalue weighted by atomic mass is 79.9. The number of thioether (sulfide) groups is 1. The van der Waals surface area contributed by atoms with E-state index in [2.05, 4.69) is 26.1 Å². The predicted octanol–water partition coefficient (Wildman–Crippen LogP) is 5.91. The van der Waals surface area contributed by atoms with Crippen LogP contribution in [0.15, 0.2) is 84.9 Å². The molecule has 1 aliphatic heterocycles. The van der Waals surface area contributed by atoms with Gasteiger partial charge in [0.2, 0.25) is 0 Å². The Bertz CT molecular complexity index is 1190. The Balaban J connectivity index is 1.64. The fraction of sp³-hybridized carbons (Fsp3) is 0.0455. The normalized spacial score (nSPS) is 16.8. The Labute approximate surface area is 196 Å². The summed E-state index contributed by atoms with van der Waals surface area (Å²) in [7, 11) is 0. The third-order valence-corrected chi connectivity index (χ3v) is 6.04. The van der Waals surface area contributed by atoms with Crippen LogP contribution in [-0.4, -0.2) is 27.3 Å². The third kappa shape index (κ3) is 5.28. The summed E-state index contributed by atoms with van der Waals surface area (Å²) in [6.07, 6.45) is 4.75. The summed E-state index contributed by atoms with van der Waals surface area (Å²) in [6.45, 7) is 0.213. The zero-order chi connectivity index (χ0) is 21.8. The molecule has 3 aromatic rings. The monoisotopic (exact) mass is 515 g/mol. The van der Waals surface area contributed by atoms with Crippen LogP contribution in [0.2, 0.25) is 5.02 Å². The van der Waals surface area contributed by atoms with E-state index in [-0.39, 0.29) is 18.2 Å². The van der Waals surface area contributed by atoms with Crippen LogP contribution >= 0.6 is 39.3 Å². The van der Waals surface area contributed by atoms with Crippen molar-refractivity contribution in [1.29, 1.82) is 0 Å². The molecule has 1 N–H and O–H groups in total. The minimum absolute atomic E-state index is 0.0292. The van der Waals surface area contributed by atoms with Gasteiger partial charge in [0, 0.05) is 15.1 Å². The van der Waals surface area contributed by atoms with E-state index in [1.807, 2.05) is 24.3 Å². The lowest BCUT2D eigenvalue weighted by Crippen LogP contribution is -2.28. The summed E-state index contributed by atoms with van der Waals surface area (Å²) in [5.41, 5.74) is 1.32. The highest BCUT2D eigenvalue weighted by Crippen LogP contribution is 2.35. The van der Waals surface area contributed by atoms with E-state index in [9.17, 15) is 9.90 Å². The molecule has 31 heavy (non-hydrogen) atoms. The van der Waals surface area contributed by atoms with E-state index in [0.29, 0.717) is 26.4 Å². The minimum atomic E-state index is -0.265. The molecule has 0 bridgehead atoms. The van der Waals surface area contributed by atoms with Gasteiger partial charge in [0.1, 0.15) is 11.5 Å². The van der Waals surface area contributed by atoms with Crippen molar-refractivity contribution in [1.82, 2.24) is 4.90 Å². The number of rotatable bonds is 5. The number of benzene rings is 2. The van der Waals surface area contributed by atoms with Crippen molar-refractivity contribution in [3.63, 3.8) is 0 Å². The SMILES string of the molecule is O=C1/C(=C/c2cc(Cl)ccc2O)S/C(=N\N=C\c2ccc(Br)cc2)N1Cc1ccco1. The fourth-order valence-electron chi connectivity index (χ4n) is 2.76. The van der Waals surface area contributed by atoms with E-state index in [4.69, 9.17) is 16.0 Å². The molecule has 2 aromatic carbocycles. The molecule has 0 unspecified atom stereocenters. The van der Waals surface area contributed by atoms with Crippen molar-refractivity contribution >= 4 is 62.7 Å². The van der Waals surface area contributed by atoms with Crippen LogP contribution < -0.4 is 0 Å². The van der Waals surface area contributed by atoms with Crippen LogP contribution in [0.25, 0.3) is 6.08 Å². The molecule has 4 rings (SSSR count). The van der Waals surface area contributed by atoms with Crippen molar-refractivity contribution in [2.45, 2.75) is 6.54 Å². The lowest BCUT2D eigenvalue weighted by molar-refractivity contribution is -0.122. The number of amidine groups is 1. The Morgan fingerprint density at radius 2 is 2.00 bits per heavy atom. The second kappa shape index (κ2) is 9.55. The number of phenolic OH excluding ortho intramolecular Hbond substituents is 1. The van der Waals surface area contributed by atoms with Gasteiger partial charge < -0.3 is 9.52 Å². The summed E-state index contributed by atoms with van der Waals surface area (Å²) in [4.78, 5) is 14.9. The number of hydrogen-bond acceptors (Lipinski definition) is 6. The number of aromatic hydroxyl groups is 1. The quantitative estimate of drug-likeness (QED) is 0.260. The van der Waals surface area contributed by atoms with Gasteiger partial charge in [0.05, 0.1) is 23.9 Å². The van der Waals surface area contributed by atoms with Crippen LogP contribution in [0.1, 0.15) is 16.9 Å². The zero-order valence-corrected chi connectivity index (χ0v) is 19.1. The summed E-state index contributed by atoms with van der Waals surface area (Å²) < 4.78 is 6.36. The van der Waals surface area contributed by atoms with Gasteiger partial charge in [-0.05, 0) is 65.9 Å². The summed E-state index contributed by atoms with van der Waals surface area (Å²) >= 11 is 10.6. The number of carbonyl (C=O) groups is 1. The molecule has 0 aliphatic carbocycles. The standard InChI is InChI=1S/C22H15BrClN3O3S/c23-16-5-3-14(4-6-16)12-25-26-22-27(13-18-2-1-9-30-18)21(29)20(31-22)11-15-10-17(24)7-8-19(15)28/h1-12,28H,13H2/b20-11-,25-12+,26-22-. The number of phenols is 1. The topological polar surface area (TPSA) is 78.4 Å². The average Bonchev–Trinajstić information content (AvgIpc) is 3.36. The molecule has 0 atom stereocenters. The summed E-state index contributed by atoms with van der Waals surface area (Å²) in [5.74, 6) is 0.380. The first-order valence-electron chi connectivity index (χ1n) is 9.08. The van der Waals surface area contributed by atoms with E-state index in [1.165, 1.54) is 22.7 Å². The van der Waals surface area contributed by atoms with Gasteiger partial charge in [-0.2, -0.15) is 5.10 Å². The third-order valence-electron chi connectivity index (χ3n) is 4.28. The molecule has 1 aromatic heterocycles. The lowest BCUT2D eigenvalue weighted by Gasteiger charge is -2.12. The highest BCUT2D eigenvalue weighted by Gasteiger charge is 2.34. The van der Waals surface area contributed by atoms with Crippen molar-refractivity contribution in [2.75, 3.05) is 0 Å². The van der Waals surface area contributed by atoms with E-state index in [0.717, 1.165) is 10.0 Å². The second-order valence-electron chi connectivity index (χ2n) is 6.46. The number of nitrogens with zero attached hydrogens (tertiary/aromatic N) is 3. The first kappa shape index (κ1) is 21.4. The summed E-state index contributed by atoms with van der Waals surface area (Å²) in [5, 5.41) is 19.4. The van der Waals surface area contributed by atoms with Crippen molar-refractivity contribution in [2.24, 2.45) is 10.2 Å². The number of amides is 1. The van der Waals surface area contributed by atoms with Crippen LogP contribution in [0, 0.1) is 0 Å². The smallest absolute Gasteiger partial charge is 0.267 e. The Kier molecular flexibility index (Phi) is 6.60. The van der Waals surface area contributed by atoms with Gasteiger partial charge in [-0.15, -0.1) is 5.10 Å². The van der Waals surface area contributed by atoms with Gasteiger partial charge in [0.25, 0.3) is 5.91 Å². The molecule has 1 fully saturated rings. The first-order valence-corrected chi connectivity index (χ1v) is 11.1. The first-order chi connectivity index (χ1) is 15.0. The van der Waals surface area contributed by atoms with E-state index in [1.54, 1.807) is 42.8 Å². The number of hydrogen-bond donors (Lipinski definition) is 1. The maximum Gasteiger partial charge on any atom is 0.267 e. The molecule has 0 saturated carbocycles. The molecule has 9 heteroatoms. The lowest BCUT2D eigenvalue weighted by atomic mass is 10.2. The van der Waals surface area contributed by atoms with Gasteiger partial charge in [-0.1, -0.05) is 39.7 Å². The van der Waals surface area contributed by atoms with Gasteiger partial charge >= 0.3 is 0 Å². The Morgan fingerprint density at radius 1 is 1.19 bits per heavy atom. The molecule has 1 aliphatic rings. The maximum absolute atomic E-state index is 13.1. The maximum atomic E-state index is 13.1. The Hall–Kier alpha value is -2.81. The zero-order valence-electron chi connectivity index (χ0n) is 15.9. The predicted molar refractivity (Wildman–Crippen MR) is 127 cm³/mol. The van der Waals surface area contributed by atoms with Gasteiger partial charge in [-0.3, -0.25) is 9.69 Å². The Morgan fingerprint density at radius 3 is 2.74 bits per heavy atom. The molecule has 156 valence electrons. The van der Waals surface area contributed by atoms with E-state index >= 15 is 0 Å². The van der Waals surface area contributed by atoms with Crippen LogP contribution in [-0.2, 0) is 11.3 Å². The molecule has 0 spiro atoms. The molecule has 0 radical (unpaired) electrons. The number of carbonyl (C=O) groups excluding carboxylic acids is 1. The molecule has 1 saturated heterocycles. The van der Waals surface area contributed by atoms with Crippen LogP contribution in [0.4, 0.5) is 0 Å². The van der Waals surface area contributed by atoms with E-state index < -0.39 is 0 Å². The molecule has 2 heterocycles. The number of halogens is 2. The fourth-order valence-corrected chi connectivity index (χ4v) is 4.13. The largest absolute Gasteiger partial charge is 0.507 e. The minimum Gasteiger partial charge on any atom is -0.507 e. The summed E-state index contributed by atoms with van der Waals surface area (Å²) in [6, 6.07) is 15.8. The van der Waals surface area contributed by atoms with Crippen LogP contribution in [0.3, 0.4) is 0 Å². The molecule has 6 nitrogen and oxygen atoms in total. The van der Waals surface area contributed by atoms with Crippen molar-refractivity contribution in [3.8, 4) is 5.75 Å². The van der Waals surface area contributed by atoms with Crippen LogP contribution in [0.5, 0.6) is 5.75 Å². The molecular formula is C22H15BrClN3O3S.